The Morgan fingerprint density at radius 3 is 2.38 bits per heavy atom. The van der Waals surface area contributed by atoms with E-state index < -0.39 is 0 Å². The number of hydrogen-bond acceptors (Lipinski definition) is 1. The second-order valence-corrected chi connectivity index (χ2v) is 3.81. The average Bonchev–Trinajstić information content (AvgIpc) is 2.30. The van der Waals surface area contributed by atoms with Crippen LogP contribution in [0, 0.1) is 0 Å². The highest BCUT2D eigenvalue weighted by molar-refractivity contribution is 5.74. The lowest BCUT2D eigenvalue weighted by molar-refractivity contribution is -0.128. The molecule has 1 amide bonds. The zero-order chi connectivity index (χ0) is 12.0. The van der Waals surface area contributed by atoms with E-state index in [0.29, 0.717) is 6.54 Å². The lowest BCUT2D eigenvalue weighted by Crippen LogP contribution is -2.28. The van der Waals surface area contributed by atoms with Gasteiger partial charge in [0, 0.05) is 20.0 Å². The first-order valence-corrected chi connectivity index (χ1v) is 5.62. The van der Waals surface area contributed by atoms with Crippen molar-refractivity contribution in [3.63, 3.8) is 0 Å². The van der Waals surface area contributed by atoms with Gasteiger partial charge in [0.25, 0.3) is 0 Å². The Bertz CT molecular complexity index is 368. The van der Waals surface area contributed by atoms with Crippen molar-refractivity contribution >= 4 is 11.5 Å². The lowest BCUT2D eigenvalue weighted by Gasteiger charge is -2.16. The SMILES string of the molecule is CCN(CC=C(C)c1ccccc1)C(C)=O. The van der Waals surface area contributed by atoms with Crippen LogP contribution in [0.2, 0.25) is 0 Å². The minimum Gasteiger partial charge on any atom is -0.339 e. The summed E-state index contributed by atoms with van der Waals surface area (Å²) in [6.07, 6.45) is 2.10. The number of benzene rings is 1. The minimum atomic E-state index is 0.125. The van der Waals surface area contributed by atoms with E-state index >= 15 is 0 Å². The highest BCUT2D eigenvalue weighted by atomic mass is 16.2. The largest absolute Gasteiger partial charge is 0.339 e. The molecule has 1 aromatic carbocycles. The van der Waals surface area contributed by atoms with Crippen molar-refractivity contribution in [2.45, 2.75) is 20.8 Å². The molecule has 0 aliphatic rings. The van der Waals surface area contributed by atoms with E-state index in [0.717, 1.165) is 6.54 Å². The van der Waals surface area contributed by atoms with Crippen LogP contribution in [0.1, 0.15) is 26.3 Å². The number of carbonyl (C=O) groups excluding carboxylic acids is 1. The number of amides is 1. The first-order chi connectivity index (χ1) is 7.65. The first-order valence-electron chi connectivity index (χ1n) is 5.62. The maximum Gasteiger partial charge on any atom is 0.219 e. The molecule has 0 bridgehead atoms. The fourth-order valence-electron chi connectivity index (χ4n) is 1.55. The van der Waals surface area contributed by atoms with Gasteiger partial charge >= 0.3 is 0 Å². The third-order valence-corrected chi connectivity index (χ3v) is 2.67. The zero-order valence-corrected chi connectivity index (χ0v) is 10.2. The fraction of sp³-hybridized carbons (Fsp3) is 0.357. The molecule has 16 heavy (non-hydrogen) atoms. The van der Waals surface area contributed by atoms with Crippen LogP contribution in [0.3, 0.4) is 0 Å². The van der Waals surface area contributed by atoms with Crippen LogP contribution in [-0.2, 0) is 4.79 Å². The lowest BCUT2D eigenvalue weighted by atomic mass is 10.1. The summed E-state index contributed by atoms with van der Waals surface area (Å²) in [5, 5.41) is 0. The van der Waals surface area contributed by atoms with Gasteiger partial charge in [-0.1, -0.05) is 36.4 Å². The number of allylic oxidation sites excluding steroid dienone is 1. The molecule has 0 fully saturated rings. The van der Waals surface area contributed by atoms with E-state index in [4.69, 9.17) is 0 Å². The molecule has 0 unspecified atom stereocenters. The molecule has 86 valence electrons. The molecule has 0 aromatic heterocycles. The van der Waals surface area contributed by atoms with E-state index in [2.05, 4.69) is 25.1 Å². The number of likely N-dealkylation sites (N-methyl/N-ethyl adjacent to an activating group) is 1. The molecule has 2 heteroatoms. The molecule has 0 aliphatic carbocycles. The maximum absolute atomic E-state index is 11.2. The van der Waals surface area contributed by atoms with Gasteiger partial charge in [0.2, 0.25) is 5.91 Å². The van der Waals surface area contributed by atoms with Crippen LogP contribution in [0.15, 0.2) is 36.4 Å². The number of nitrogens with zero attached hydrogens (tertiary/aromatic N) is 1. The monoisotopic (exact) mass is 217 g/mol. The number of carbonyl (C=O) groups is 1. The topological polar surface area (TPSA) is 20.3 Å². The summed E-state index contributed by atoms with van der Waals surface area (Å²) >= 11 is 0. The maximum atomic E-state index is 11.2. The fourth-order valence-corrected chi connectivity index (χ4v) is 1.55. The summed E-state index contributed by atoms with van der Waals surface area (Å²) in [6, 6.07) is 10.2. The van der Waals surface area contributed by atoms with Crippen molar-refractivity contribution in [2.24, 2.45) is 0 Å². The molecule has 0 N–H and O–H groups in total. The van der Waals surface area contributed by atoms with Crippen molar-refractivity contribution in [1.82, 2.24) is 4.90 Å². The Hall–Kier alpha value is -1.57. The molecular formula is C14H19NO. The molecule has 2 nitrogen and oxygen atoms in total. The second-order valence-electron chi connectivity index (χ2n) is 3.81. The van der Waals surface area contributed by atoms with Gasteiger partial charge in [0.15, 0.2) is 0 Å². The Kier molecular flexibility index (Phi) is 4.77. The predicted molar refractivity (Wildman–Crippen MR) is 68.0 cm³/mol. The van der Waals surface area contributed by atoms with Crippen molar-refractivity contribution in [2.75, 3.05) is 13.1 Å². The van der Waals surface area contributed by atoms with E-state index in [1.54, 1.807) is 6.92 Å². The molecule has 0 saturated heterocycles. The van der Waals surface area contributed by atoms with Crippen LogP contribution in [-0.4, -0.2) is 23.9 Å². The molecule has 1 rings (SSSR count). The van der Waals surface area contributed by atoms with Crippen LogP contribution in [0.4, 0.5) is 0 Å². The van der Waals surface area contributed by atoms with Crippen molar-refractivity contribution in [1.29, 1.82) is 0 Å². The van der Waals surface area contributed by atoms with Crippen LogP contribution >= 0.6 is 0 Å². The van der Waals surface area contributed by atoms with Gasteiger partial charge in [-0.05, 0) is 25.0 Å². The highest BCUT2D eigenvalue weighted by Gasteiger charge is 2.03. The number of hydrogen-bond donors (Lipinski definition) is 0. The Morgan fingerprint density at radius 1 is 1.25 bits per heavy atom. The molecule has 0 radical (unpaired) electrons. The Labute approximate surface area is 97.6 Å². The van der Waals surface area contributed by atoms with E-state index in [9.17, 15) is 4.79 Å². The van der Waals surface area contributed by atoms with Crippen LogP contribution in [0.25, 0.3) is 5.57 Å². The van der Waals surface area contributed by atoms with Crippen LogP contribution in [0.5, 0.6) is 0 Å². The van der Waals surface area contributed by atoms with Gasteiger partial charge in [0.1, 0.15) is 0 Å². The van der Waals surface area contributed by atoms with Gasteiger partial charge in [-0.2, -0.15) is 0 Å². The summed E-state index contributed by atoms with van der Waals surface area (Å²) in [5.41, 5.74) is 2.42. The van der Waals surface area contributed by atoms with Crippen LogP contribution < -0.4 is 0 Å². The molecule has 0 saturated carbocycles. The molecule has 0 aliphatic heterocycles. The minimum absolute atomic E-state index is 0.125. The molecular weight excluding hydrogens is 198 g/mol. The molecule has 1 aromatic rings. The second kappa shape index (κ2) is 6.11. The summed E-state index contributed by atoms with van der Waals surface area (Å²) in [4.78, 5) is 13.0. The summed E-state index contributed by atoms with van der Waals surface area (Å²) in [5.74, 6) is 0.125. The first kappa shape index (κ1) is 12.5. The summed E-state index contributed by atoms with van der Waals surface area (Å²) < 4.78 is 0. The van der Waals surface area contributed by atoms with E-state index in [1.165, 1.54) is 11.1 Å². The van der Waals surface area contributed by atoms with Gasteiger partial charge in [-0.15, -0.1) is 0 Å². The molecule has 0 spiro atoms. The highest BCUT2D eigenvalue weighted by Crippen LogP contribution is 2.12. The van der Waals surface area contributed by atoms with Gasteiger partial charge < -0.3 is 4.90 Å². The quantitative estimate of drug-likeness (QED) is 0.759. The standard InChI is InChI=1S/C14H19NO/c1-4-15(13(3)16)11-10-12(2)14-8-6-5-7-9-14/h5-10H,4,11H2,1-3H3. The zero-order valence-electron chi connectivity index (χ0n) is 10.2. The molecule has 0 heterocycles. The predicted octanol–water partition coefficient (Wildman–Crippen LogP) is 2.96. The third kappa shape index (κ3) is 3.54. The van der Waals surface area contributed by atoms with Crippen molar-refractivity contribution in [3.05, 3.63) is 42.0 Å². The van der Waals surface area contributed by atoms with Gasteiger partial charge in [-0.25, -0.2) is 0 Å². The van der Waals surface area contributed by atoms with Gasteiger partial charge in [0.05, 0.1) is 0 Å². The smallest absolute Gasteiger partial charge is 0.219 e. The Morgan fingerprint density at radius 2 is 1.88 bits per heavy atom. The molecule has 0 atom stereocenters. The normalized spacial score (nSPS) is 11.3. The Balaban J connectivity index is 2.67. The third-order valence-electron chi connectivity index (χ3n) is 2.67. The average molecular weight is 217 g/mol. The summed E-state index contributed by atoms with van der Waals surface area (Å²) in [7, 11) is 0. The number of rotatable bonds is 4. The van der Waals surface area contributed by atoms with Gasteiger partial charge in [-0.3, -0.25) is 4.79 Å². The van der Waals surface area contributed by atoms with Crippen molar-refractivity contribution in [3.8, 4) is 0 Å². The summed E-state index contributed by atoms with van der Waals surface area (Å²) in [6.45, 7) is 7.12. The van der Waals surface area contributed by atoms with E-state index in [1.807, 2.05) is 30.0 Å². The van der Waals surface area contributed by atoms with Crippen molar-refractivity contribution < 1.29 is 4.79 Å². The van der Waals surface area contributed by atoms with E-state index in [-0.39, 0.29) is 5.91 Å².